The first-order chi connectivity index (χ1) is 12.3. The number of benzene rings is 2. The molecular formula is C20H23ClN2O2. The maximum Gasteiger partial charge on any atom is 0.163 e. The Balaban J connectivity index is 1.34. The number of anilines is 1. The fourth-order valence-corrected chi connectivity index (χ4v) is 3.68. The molecule has 0 saturated carbocycles. The van der Waals surface area contributed by atoms with Gasteiger partial charge in [0, 0.05) is 37.8 Å². The van der Waals surface area contributed by atoms with Gasteiger partial charge >= 0.3 is 0 Å². The van der Waals surface area contributed by atoms with Crippen LogP contribution in [0.4, 0.5) is 5.69 Å². The van der Waals surface area contributed by atoms with Crippen LogP contribution >= 0.6 is 11.6 Å². The van der Waals surface area contributed by atoms with Gasteiger partial charge in [0.25, 0.3) is 0 Å². The molecule has 132 valence electrons. The lowest BCUT2D eigenvalue weighted by molar-refractivity contribution is 0.171. The Morgan fingerprint density at radius 2 is 1.68 bits per heavy atom. The van der Waals surface area contributed by atoms with Crippen molar-refractivity contribution >= 4 is 17.3 Å². The summed E-state index contributed by atoms with van der Waals surface area (Å²) in [5.41, 5.74) is 2.32. The molecule has 0 unspecified atom stereocenters. The minimum Gasteiger partial charge on any atom is -0.486 e. The Bertz CT molecular complexity index is 715. The topological polar surface area (TPSA) is 33.7 Å². The maximum absolute atomic E-state index is 6.41. The number of ether oxygens (including phenoxy) is 2. The lowest BCUT2D eigenvalue weighted by Gasteiger charge is -2.33. The summed E-state index contributed by atoms with van der Waals surface area (Å²) in [7, 11) is 0. The van der Waals surface area contributed by atoms with Crippen LogP contribution < -0.4 is 14.8 Å². The van der Waals surface area contributed by atoms with E-state index in [4.69, 9.17) is 21.1 Å². The largest absolute Gasteiger partial charge is 0.486 e. The van der Waals surface area contributed by atoms with Crippen molar-refractivity contribution in [3.05, 3.63) is 53.1 Å². The average molecular weight is 359 g/mol. The van der Waals surface area contributed by atoms with Gasteiger partial charge in [0.1, 0.15) is 13.2 Å². The fourth-order valence-electron chi connectivity index (χ4n) is 3.47. The molecule has 2 heterocycles. The number of hydrogen-bond donors (Lipinski definition) is 1. The predicted octanol–water partition coefficient (Wildman–Crippen LogP) is 4.19. The minimum absolute atomic E-state index is 0.437. The second kappa shape index (κ2) is 7.54. The average Bonchev–Trinajstić information content (AvgIpc) is 2.65. The van der Waals surface area contributed by atoms with Crippen LogP contribution in [-0.4, -0.2) is 37.2 Å². The molecular weight excluding hydrogens is 336 g/mol. The van der Waals surface area contributed by atoms with E-state index in [-0.39, 0.29) is 0 Å². The van der Waals surface area contributed by atoms with Crippen molar-refractivity contribution in [1.82, 2.24) is 4.90 Å². The molecule has 0 spiro atoms. The highest BCUT2D eigenvalue weighted by Gasteiger charge is 2.21. The van der Waals surface area contributed by atoms with Crippen LogP contribution in [0.5, 0.6) is 11.5 Å². The van der Waals surface area contributed by atoms with Crippen LogP contribution in [0.3, 0.4) is 0 Å². The third-order valence-corrected chi connectivity index (χ3v) is 5.14. The summed E-state index contributed by atoms with van der Waals surface area (Å²) in [4.78, 5) is 2.51. The van der Waals surface area contributed by atoms with E-state index in [1.165, 1.54) is 5.56 Å². The summed E-state index contributed by atoms with van der Waals surface area (Å²) < 4.78 is 11.2. The smallest absolute Gasteiger partial charge is 0.163 e. The molecule has 4 nitrogen and oxygen atoms in total. The fraction of sp³-hybridized carbons (Fsp3) is 0.400. The zero-order valence-corrected chi connectivity index (χ0v) is 15.0. The maximum atomic E-state index is 6.41. The van der Waals surface area contributed by atoms with Crippen molar-refractivity contribution in [2.24, 2.45) is 0 Å². The first-order valence-electron chi connectivity index (χ1n) is 8.90. The van der Waals surface area contributed by atoms with Gasteiger partial charge in [-0.3, -0.25) is 4.90 Å². The Kier molecular flexibility index (Phi) is 4.99. The molecule has 2 aromatic rings. The van der Waals surface area contributed by atoms with Gasteiger partial charge in [0.2, 0.25) is 0 Å². The van der Waals surface area contributed by atoms with Crippen molar-refractivity contribution in [3.8, 4) is 11.5 Å². The number of piperidine rings is 1. The van der Waals surface area contributed by atoms with Crippen LogP contribution in [0.25, 0.3) is 0 Å². The molecule has 2 aliphatic heterocycles. The van der Waals surface area contributed by atoms with Gasteiger partial charge in [0.15, 0.2) is 11.5 Å². The summed E-state index contributed by atoms with van der Waals surface area (Å²) >= 11 is 6.41. The van der Waals surface area contributed by atoms with Gasteiger partial charge in [-0.1, -0.05) is 41.9 Å². The van der Waals surface area contributed by atoms with Crippen molar-refractivity contribution in [2.75, 3.05) is 31.6 Å². The van der Waals surface area contributed by atoms with Gasteiger partial charge < -0.3 is 14.8 Å². The summed E-state index contributed by atoms with van der Waals surface area (Å²) in [6.45, 7) is 4.38. The van der Waals surface area contributed by atoms with Gasteiger partial charge in [-0.2, -0.15) is 0 Å². The Morgan fingerprint density at radius 1 is 1.00 bits per heavy atom. The number of hydrogen-bond acceptors (Lipinski definition) is 4. The molecule has 5 heteroatoms. The van der Waals surface area contributed by atoms with Crippen LogP contribution in [0.15, 0.2) is 42.5 Å². The Labute approximate surface area is 153 Å². The highest BCUT2D eigenvalue weighted by molar-refractivity contribution is 6.33. The van der Waals surface area contributed by atoms with E-state index in [9.17, 15) is 0 Å². The second-order valence-corrected chi connectivity index (χ2v) is 7.06. The molecule has 1 N–H and O–H groups in total. The molecule has 0 amide bonds. The molecule has 0 aliphatic carbocycles. The molecule has 0 bridgehead atoms. The monoisotopic (exact) mass is 358 g/mol. The molecule has 2 aromatic carbocycles. The zero-order valence-electron chi connectivity index (χ0n) is 14.2. The predicted molar refractivity (Wildman–Crippen MR) is 101 cm³/mol. The van der Waals surface area contributed by atoms with Crippen molar-refractivity contribution in [1.29, 1.82) is 0 Å². The summed E-state index contributed by atoms with van der Waals surface area (Å²) in [6.07, 6.45) is 2.22. The van der Waals surface area contributed by atoms with Crippen molar-refractivity contribution in [2.45, 2.75) is 25.4 Å². The SMILES string of the molecule is Clc1cc2c(cc1NC1CCN(Cc3ccccc3)CC1)OCCO2. The first kappa shape index (κ1) is 16.6. The summed E-state index contributed by atoms with van der Waals surface area (Å²) in [5, 5.41) is 4.28. The quantitative estimate of drug-likeness (QED) is 0.888. The number of rotatable bonds is 4. The Morgan fingerprint density at radius 3 is 2.40 bits per heavy atom. The molecule has 1 fully saturated rings. The molecule has 0 aromatic heterocycles. The third-order valence-electron chi connectivity index (χ3n) is 4.83. The van der Waals surface area contributed by atoms with E-state index in [1.54, 1.807) is 0 Å². The number of likely N-dealkylation sites (tertiary alicyclic amines) is 1. The van der Waals surface area contributed by atoms with Crippen LogP contribution in [0.2, 0.25) is 5.02 Å². The van der Waals surface area contributed by atoms with Gasteiger partial charge in [-0.15, -0.1) is 0 Å². The number of nitrogens with zero attached hydrogens (tertiary/aromatic N) is 1. The van der Waals surface area contributed by atoms with Crippen molar-refractivity contribution < 1.29 is 9.47 Å². The third kappa shape index (κ3) is 4.02. The molecule has 1 saturated heterocycles. The molecule has 25 heavy (non-hydrogen) atoms. The van der Waals surface area contributed by atoms with Gasteiger partial charge in [-0.05, 0) is 18.4 Å². The first-order valence-corrected chi connectivity index (χ1v) is 9.28. The molecule has 4 rings (SSSR count). The van der Waals surface area contributed by atoms with Crippen LogP contribution in [0, 0.1) is 0 Å². The Hall–Kier alpha value is -1.91. The van der Waals surface area contributed by atoms with Crippen LogP contribution in [0.1, 0.15) is 18.4 Å². The van der Waals surface area contributed by atoms with E-state index < -0.39 is 0 Å². The number of nitrogens with one attached hydrogen (secondary N) is 1. The molecule has 0 radical (unpaired) electrons. The van der Waals surface area contributed by atoms with E-state index in [0.717, 1.165) is 49.7 Å². The minimum atomic E-state index is 0.437. The standard InChI is InChI=1S/C20H23ClN2O2/c21-17-12-19-20(25-11-10-24-19)13-18(17)22-16-6-8-23(9-7-16)14-15-4-2-1-3-5-15/h1-5,12-13,16,22H,6-11,14H2. The lowest BCUT2D eigenvalue weighted by Crippen LogP contribution is -2.38. The highest BCUT2D eigenvalue weighted by Crippen LogP contribution is 2.38. The zero-order chi connectivity index (χ0) is 17.1. The van der Waals surface area contributed by atoms with Gasteiger partial charge in [-0.25, -0.2) is 0 Å². The summed E-state index contributed by atoms with van der Waals surface area (Å²) in [6, 6.07) is 14.9. The van der Waals surface area contributed by atoms with Crippen LogP contribution in [-0.2, 0) is 6.54 Å². The van der Waals surface area contributed by atoms with E-state index in [2.05, 4.69) is 40.5 Å². The van der Waals surface area contributed by atoms with E-state index in [1.807, 2.05) is 12.1 Å². The normalized spacial score (nSPS) is 18.1. The van der Waals surface area contributed by atoms with Crippen molar-refractivity contribution in [3.63, 3.8) is 0 Å². The molecule has 2 aliphatic rings. The lowest BCUT2D eigenvalue weighted by atomic mass is 10.0. The van der Waals surface area contributed by atoms with E-state index >= 15 is 0 Å². The molecule has 0 atom stereocenters. The second-order valence-electron chi connectivity index (χ2n) is 6.66. The highest BCUT2D eigenvalue weighted by atomic mass is 35.5. The number of halogens is 1. The van der Waals surface area contributed by atoms with Gasteiger partial charge in [0.05, 0.1) is 10.7 Å². The van der Waals surface area contributed by atoms with E-state index in [0.29, 0.717) is 24.3 Å². The number of fused-ring (bicyclic) bond motifs is 1. The summed E-state index contributed by atoms with van der Waals surface area (Å²) in [5.74, 6) is 1.51.